The Morgan fingerprint density at radius 2 is 1.64 bits per heavy atom. The highest BCUT2D eigenvalue weighted by Gasteiger charge is 2.14. The van der Waals surface area contributed by atoms with E-state index in [2.05, 4.69) is 69.4 Å². The minimum absolute atomic E-state index is 0.755. The summed E-state index contributed by atoms with van der Waals surface area (Å²) in [5, 5.41) is 3.53. The van der Waals surface area contributed by atoms with Crippen molar-refractivity contribution in [3.63, 3.8) is 0 Å². The van der Waals surface area contributed by atoms with Crippen LogP contribution in [0.5, 0.6) is 5.75 Å². The van der Waals surface area contributed by atoms with Crippen LogP contribution in [-0.4, -0.2) is 26.0 Å². The lowest BCUT2D eigenvalue weighted by molar-refractivity contribution is 0.413. The molecule has 0 radical (unpaired) electrons. The molecule has 0 atom stereocenters. The zero-order valence-corrected chi connectivity index (χ0v) is 20.1. The first-order chi connectivity index (χ1) is 17.7. The minimum Gasteiger partial charge on any atom is -0.494 e. The van der Waals surface area contributed by atoms with Crippen LogP contribution in [0.2, 0.25) is 0 Å². The molecule has 0 aliphatic rings. The summed E-state index contributed by atoms with van der Waals surface area (Å²) < 4.78 is 9.77. The average Bonchev–Trinajstić information content (AvgIpc) is 3.56. The number of aryl methyl sites for hydroxylation is 1. The number of nitrogens with zero attached hydrogens (tertiary/aromatic N) is 4. The smallest absolute Gasteiger partial charge is 0.161 e. The van der Waals surface area contributed by atoms with Crippen molar-refractivity contribution >= 4 is 17.0 Å². The Bertz CT molecular complexity index is 1670. The fraction of sp³-hybridized carbons (Fsp3) is 0.0667. The highest BCUT2D eigenvalue weighted by molar-refractivity contribution is 5.85. The quantitative estimate of drug-likeness (QED) is 0.287. The van der Waals surface area contributed by atoms with Gasteiger partial charge in [0.05, 0.1) is 42.4 Å². The molecule has 0 bridgehead atoms. The summed E-state index contributed by atoms with van der Waals surface area (Å²) >= 11 is 0. The summed E-state index contributed by atoms with van der Waals surface area (Å²) in [4.78, 5) is 9.12. The van der Waals surface area contributed by atoms with E-state index in [0.29, 0.717) is 0 Å². The lowest BCUT2D eigenvalue weighted by atomic mass is 9.98. The van der Waals surface area contributed by atoms with Crippen molar-refractivity contribution in [1.29, 1.82) is 0 Å². The second-order valence-corrected chi connectivity index (χ2v) is 8.60. The van der Waals surface area contributed by atoms with Crippen molar-refractivity contribution in [3.8, 4) is 33.8 Å². The van der Waals surface area contributed by atoms with Crippen molar-refractivity contribution in [1.82, 2.24) is 18.9 Å². The van der Waals surface area contributed by atoms with Crippen LogP contribution in [0.1, 0.15) is 5.69 Å². The van der Waals surface area contributed by atoms with E-state index in [1.807, 2.05) is 60.3 Å². The topological polar surface area (TPSA) is 56.4 Å². The number of nitrogens with one attached hydrogen (secondary N) is 1. The molecule has 36 heavy (non-hydrogen) atoms. The Kier molecular flexibility index (Phi) is 5.46. The highest BCUT2D eigenvalue weighted by Crippen LogP contribution is 2.34. The normalized spacial score (nSPS) is 11.1. The number of aromatic nitrogens is 4. The lowest BCUT2D eigenvalue weighted by Crippen LogP contribution is -1.99. The van der Waals surface area contributed by atoms with Gasteiger partial charge >= 0.3 is 0 Å². The van der Waals surface area contributed by atoms with Crippen molar-refractivity contribution in [2.45, 2.75) is 6.92 Å². The number of hydrogen-bond donors (Lipinski definition) is 1. The maximum absolute atomic E-state index is 5.68. The van der Waals surface area contributed by atoms with Gasteiger partial charge in [0.1, 0.15) is 5.75 Å². The fourth-order valence-electron chi connectivity index (χ4n) is 4.56. The molecule has 0 saturated heterocycles. The van der Waals surface area contributed by atoms with Gasteiger partial charge in [-0.3, -0.25) is 4.40 Å². The molecule has 6 nitrogen and oxygen atoms in total. The number of imidazole rings is 2. The molecule has 0 saturated carbocycles. The predicted molar refractivity (Wildman–Crippen MR) is 144 cm³/mol. The van der Waals surface area contributed by atoms with Crippen LogP contribution in [0.4, 0.5) is 11.4 Å². The molecule has 0 aliphatic carbocycles. The Morgan fingerprint density at radius 1 is 0.833 bits per heavy atom. The van der Waals surface area contributed by atoms with Crippen LogP contribution < -0.4 is 10.1 Å². The van der Waals surface area contributed by atoms with Crippen molar-refractivity contribution in [3.05, 3.63) is 116 Å². The standard InChI is InChI=1S/C30H25N5O/c1-21-19-34(20-32-21)27-15-14-23(17-29(27)36-2)33-26-13-8-16-35-28(18-31-30(26)35)25-12-7-6-11-24(25)22-9-4-3-5-10-22/h3-20,33H,1-2H3. The van der Waals surface area contributed by atoms with Gasteiger partial charge in [-0.15, -0.1) is 0 Å². The summed E-state index contributed by atoms with van der Waals surface area (Å²) in [5.74, 6) is 0.755. The van der Waals surface area contributed by atoms with E-state index in [0.717, 1.165) is 45.4 Å². The SMILES string of the molecule is COc1cc(Nc2cccn3c(-c4ccccc4-c4ccccc4)cnc23)ccc1-n1cnc(C)c1. The van der Waals surface area contributed by atoms with Crippen LogP contribution in [0.25, 0.3) is 33.7 Å². The van der Waals surface area contributed by atoms with Gasteiger partial charge < -0.3 is 14.6 Å². The lowest BCUT2D eigenvalue weighted by Gasteiger charge is -2.14. The fourth-order valence-corrected chi connectivity index (χ4v) is 4.56. The van der Waals surface area contributed by atoms with Gasteiger partial charge in [-0.05, 0) is 42.3 Å². The zero-order chi connectivity index (χ0) is 24.5. The summed E-state index contributed by atoms with van der Waals surface area (Å²) in [5.41, 5.74) is 9.09. The average molecular weight is 472 g/mol. The van der Waals surface area contributed by atoms with Crippen LogP contribution in [0, 0.1) is 6.92 Å². The maximum Gasteiger partial charge on any atom is 0.161 e. The molecule has 6 aromatic rings. The van der Waals surface area contributed by atoms with E-state index >= 15 is 0 Å². The molecule has 3 aromatic heterocycles. The molecular formula is C30H25N5O. The molecule has 6 heteroatoms. The van der Waals surface area contributed by atoms with E-state index in [4.69, 9.17) is 9.72 Å². The van der Waals surface area contributed by atoms with Crippen LogP contribution >= 0.6 is 0 Å². The number of fused-ring (bicyclic) bond motifs is 1. The second kappa shape index (κ2) is 9.07. The van der Waals surface area contributed by atoms with E-state index < -0.39 is 0 Å². The molecule has 3 aromatic carbocycles. The third-order valence-electron chi connectivity index (χ3n) is 6.27. The molecule has 0 unspecified atom stereocenters. The van der Waals surface area contributed by atoms with Crippen LogP contribution in [-0.2, 0) is 0 Å². The van der Waals surface area contributed by atoms with Crippen LogP contribution in [0.15, 0.2) is 110 Å². The minimum atomic E-state index is 0.755. The van der Waals surface area contributed by atoms with E-state index in [9.17, 15) is 0 Å². The number of benzene rings is 3. The van der Waals surface area contributed by atoms with Crippen LogP contribution in [0.3, 0.4) is 0 Å². The molecule has 0 aliphatic heterocycles. The van der Waals surface area contributed by atoms with Gasteiger partial charge in [-0.25, -0.2) is 9.97 Å². The largest absolute Gasteiger partial charge is 0.494 e. The van der Waals surface area contributed by atoms with Gasteiger partial charge in [0.15, 0.2) is 5.65 Å². The molecule has 176 valence electrons. The number of methoxy groups -OCH3 is 1. The third-order valence-corrected chi connectivity index (χ3v) is 6.27. The summed E-state index contributed by atoms with van der Waals surface area (Å²) in [7, 11) is 1.68. The number of rotatable bonds is 6. The first-order valence-electron chi connectivity index (χ1n) is 11.8. The Balaban J connectivity index is 1.38. The first kappa shape index (κ1) is 21.7. The van der Waals surface area contributed by atoms with Gasteiger partial charge in [0.25, 0.3) is 0 Å². The van der Waals surface area contributed by atoms with Crippen molar-refractivity contribution in [2.75, 3.05) is 12.4 Å². The molecule has 0 spiro atoms. The third kappa shape index (κ3) is 3.88. The molecule has 0 amide bonds. The summed E-state index contributed by atoms with van der Waals surface area (Å²) in [6, 6.07) is 29.0. The Hall–Kier alpha value is -4.84. The number of pyridine rings is 1. The first-order valence-corrected chi connectivity index (χ1v) is 11.8. The van der Waals surface area contributed by atoms with Gasteiger partial charge in [0.2, 0.25) is 0 Å². The molecule has 6 rings (SSSR count). The van der Waals surface area contributed by atoms with E-state index in [1.54, 1.807) is 13.4 Å². The van der Waals surface area contributed by atoms with Gasteiger partial charge in [-0.2, -0.15) is 0 Å². The monoisotopic (exact) mass is 471 g/mol. The Labute approximate surface area is 209 Å². The van der Waals surface area contributed by atoms with Crippen molar-refractivity contribution < 1.29 is 4.74 Å². The van der Waals surface area contributed by atoms with E-state index in [-0.39, 0.29) is 0 Å². The molecule has 0 fully saturated rings. The molecule has 3 heterocycles. The maximum atomic E-state index is 5.68. The Morgan fingerprint density at radius 3 is 2.42 bits per heavy atom. The number of ether oxygens (including phenoxy) is 1. The predicted octanol–water partition coefficient (Wildman–Crippen LogP) is 6.91. The van der Waals surface area contributed by atoms with Crippen molar-refractivity contribution in [2.24, 2.45) is 0 Å². The molecular weight excluding hydrogens is 446 g/mol. The highest BCUT2D eigenvalue weighted by atomic mass is 16.5. The second-order valence-electron chi connectivity index (χ2n) is 8.60. The molecule has 1 N–H and O–H groups in total. The van der Waals surface area contributed by atoms with Gasteiger partial charge in [-0.1, -0.05) is 54.6 Å². The zero-order valence-electron chi connectivity index (χ0n) is 20.1. The van der Waals surface area contributed by atoms with Gasteiger partial charge in [0, 0.05) is 29.7 Å². The number of hydrogen-bond acceptors (Lipinski definition) is 4. The number of anilines is 2. The summed E-state index contributed by atoms with van der Waals surface area (Å²) in [6.07, 6.45) is 7.76. The van der Waals surface area contributed by atoms with E-state index in [1.165, 1.54) is 11.1 Å². The summed E-state index contributed by atoms with van der Waals surface area (Å²) in [6.45, 7) is 1.97.